The van der Waals surface area contributed by atoms with E-state index in [4.69, 9.17) is 0 Å². The summed E-state index contributed by atoms with van der Waals surface area (Å²) in [5, 5.41) is 0. The van der Waals surface area contributed by atoms with Crippen LogP contribution in [0.4, 0.5) is 4.39 Å². The van der Waals surface area contributed by atoms with Crippen molar-refractivity contribution in [2.75, 3.05) is 0 Å². The monoisotopic (exact) mass is 651 g/mol. The second kappa shape index (κ2) is 12.5. The van der Waals surface area contributed by atoms with Crippen molar-refractivity contribution in [2.24, 2.45) is 0 Å². The van der Waals surface area contributed by atoms with Crippen molar-refractivity contribution >= 4 is 0 Å². The summed E-state index contributed by atoms with van der Waals surface area (Å²) in [6, 6.07) is 36.9. The van der Waals surface area contributed by atoms with Crippen LogP contribution < -0.4 is 0 Å². The second-order valence-electron chi connectivity index (χ2n) is 9.17. The molecule has 0 fully saturated rings. The van der Waals surface area contributed by atoms with Crippen molar-refractivity contribution in [1.82, 2.24) is 9.97 Å². The van der Waals surface area contributed by atoms with Gasteiger partial charge in [-0.15, -0.1) is 65.7 Å². The molecular weight excluding hydrogens is 624 g/mol. The Hall–Kier alpha value is -3.46. The predicted molar refractivity (Wildman–Crippen MR) is 141 cm³/mol. The van der Waals surface area contributed by atoms with Crippen molar-refractivity contribution < 1.29 is 24.5 Å². The summed E-state index contributed by atoms with van der Waals surface area (Å²) in [5.41, 5.74) is 7.52. The van der Waals surface area contributed by atoms with E-state index in [1.54, 1.807) is 12.3 Å². The maximum absolute atomic E-state index is 12.6. The molecule has 0 aliphatic rings. The van der Waals surface area contributed by atoms with Gasteiger partial charge in [-0.25, -0.2) is 0 Å². The van der Waals surface area contributed by atoms with Gasteiger partial charge in [-0.2, -0.15) is 0 Å². The van der Waals surface area contributed by atoms with Gasteiger partial charge < -0.3 is 9.97 Å². The van der Waals surface area contributed by atoms with E-state index in [1.807, 2.05) is 48.7 Å². The predicted octanol–water partition coefficient (Wildman–Crippen LogP) is 8.20. The van der Waals surface area contributed by atoms with Gasteiger partial charge in [0.15, 0.2) is 0 Å². The summed E-state index contributed by atoms with van der Waals surface area (Å²) in [5.74, 6) is -0.278. The minimum absolute atomic E-state index is 0. The zero-order valence-electron chi connectivity index (χ0n) is 20.5. The fourth-order valence-corrected chi connectivity index (χ4v) is 3.56. The molecule has 183 valence electrons. The number of pyridine rings is 2. The molecule has 0 atom stereocenters. The first-order chi connectivity index (χ1) is 16.9. The maximum atomic E-state index is 12.6. The molecule has 0 aliphatic heterocycles. The number of hydrogen-bond acceptors (Lipinski definition) is 2. The Morgan fingerprint density at radius 1 is 0.667 bits per heavy atom. The number of aromatic nitrogens is 2. The summed E-state index contributed by atoms with van der Waals surface area (Å²) in [6.07, 6.45) is 3.57. The van der Waals surface area contributed by atoms with Crippen LogP contribution in [0.2, 0.25) is 0 Å². The van der Waals surface area contributed by atoms with Crippen LogP contribution in [-0.2, 0) is 25.5 Å². The number of benzene rings is 3. The molecule has 0 bridgehead atoms. The maximum Gasteiger partial charge on any atom is 0.0379 e. The van der Waals surface area contributed by atoms with E-state index in [0.717, 1.165) is 22.5 Å². The molecule has 0 saturated heterocycles. The molecular formula is C32H27FIrN2-2. The molecule has 0 spiro atoms. The minimum atomic E-state index is -0.278. The molecule has 0 aliphatic carbocycles. The third kappa shape index (κ3) is 7.27. The minimum Gasteiger partial charge on any atom is -0.305 e. The zero-order chi connectivity index (χ0) is 24.7. The van der Waals surface area contributed by atoms with Crippen molar-refractivity contribution in [3.63, 3.8) is 0 Å². The standard InChI is InChI=1S/C21H20N.C11H7FN.Ir/c1-21(2,3)19-11-9-16(10-12-19)18-13-14-22-20(15-18)17-7-5-4-6-8-17;12-10-6-4-9(5-7-10)11-3-1-2-8-13-11;/h4-7,9-15H,1-3H3;1-4,6-8H;/q2*-1;. The van der Waals surface area contributed by atoms with Crippen molar-refractivity contribution in [3.05, 3.63) is 133 Å². The number of rotatable bonds is 3. The van der Waals surface area contributed by atoms with E-state index < -0.39 is 0 Å². The second-order valence-corrected chi connectivity index (χ2v) is 9.17. The zero-order valence-corrected chi connectivity index (χ0v) is 22.9. The van der Waals surface area contributed by atoms with Gasteiger partial charge in [0.2, 0.25) is 0 Å². The first kappa shape index (κ1) is 27.1. The summed E-state index contributed by atoms with van der Waals surface area (Å²) in [6.45, 7) is 6.70. The van der Waals surface area contributed by atoms with Crippen molar-refractivity contribution in [1.29, 1.82) is 0 Å². The van der Waals surface area contributed by atoms with Crippen molar-refractivity contribution in [3.8, 4) is 33.6 Å². The first-order valence-electron chi connectivity index (χ1n) is 11.5. The average molecular weight is 651 g/mol. The molecule has 36 heavy (non-hydrogen) atoms. The van der Waals surface area contributed by atoms with E-state index >= 15 is 0 Å². The smallest absolute Gasteiger partial charge is 0.0379 e. The van der Waals surface area contributed by atoms with E-state index in [0.29, 0.717) is 0 Å². The van der Waals surface area contributed by atoms with Gasteiger partial charge in [-0.3, -0.25) is 4.39 Å². The van der Waals surface area contributed by atoms with Crippen molar-refractivity contribution in [2.45, 2.75) is 26.2 Å². The van der Waals surface area contributed by atoms with Crippen LogP contribution in [-0.4, -0.2) is 9.97 Å². The molecule has 0 unspecified atom stereocenters. The summed E-state index contributed by atoms with van der Waals surface area (Å²) >= 11 is 0. The number of hydrogen-bond donors (Lipinski definition) is 0. The summed E-state index contributed by atoms with van der Waals surface area (Å²) in [4.78, 5) is 8.59. The molecule has 5 aromatic rings. The molecule has 4 heteroatoms. The molecule has 0 saturated carbocycles. The Labute approximate surface area is 226 Å². The van der Waals surface area contributed by atoms with Gasteiger partial charge in [0.05, 0.1) is 0 Å². The topological polar surface area (TPSA) is 25.8 Å². The molecule has 0 N–H and O–H groups in total. The first-order valence-corrected chi connectivity index (χ1v) is 11.5. The van der Waals surface area contributed by atoms with Gasteiger partial charge in [0, 0.05) is 38.3 Å². The Morgan fingerprint density at radius 3 is 2.00 bits per heavy atom. The summed E-state index contributed by atoms with van der Waals surface area (Å²) < 4.78 is 12.6. The van der Waals surface area contributed by atoms with Gasteiger partial charge >= 0.3 is 0 Å². The molecule has 2 nitrogen and oxygen atoms in total. The molecule has 3 aromatic carbocycles. The van der Waals surface area contributed by atoms with Gasteiger partial charge in [0.1, 0.15) is 0 Å². The molecule has 5 rings (SSSR count). The van der Waals surface area contributed by atoms with Crippen LogP contribution in [0.15, 0.2) is 109 Å². The van der Waals surface area contributed by atoms with Crippen LogP contribution in [0, 0.1) is 17.9 Å². The molecule has 2 heterocycles. The fourth-order valence-electron chi connectivity index (χ4n) is 3.56. The Morgan fingerprint density at radius 2 is 1.39 bits per heavy atom. The SMILES string of the molecule is CC(C)(C)c1ccc(-c2ccnc(-c3[c-]cccc3)c2)cc1.Fc1c[c-]c(-c2ccccn2)cc1.[Ir]. The van der Waals surface area contributed by atoms with E-state index in [9.17, 15) is 4.39 Å². The van der Waals surface area contributed by atoms with E-state index in [2.05, 4.69) is 79.3 Å². The Kier molecular flexibility index (Phi) is 9.41. The molecule has 0 amide bonds. The van der Waals surface area contributed by atoms with Crippen LogP contribution in [0.1, 0.15) is 26.3 Å². The third-order valence-corrected chi connectivity index (χ3v) is 5.54. The average Bonchev–Trinajstić information content (AvgIpc) is 2.90. The van der Waals surface area contributed by atoms with Gasteiger partial charge in [0.25, 0.3) is 0 Å². The van der Waals surface area contributed by atoms with Gasteiger partial charge in [-0.1, -0.05) is 63.2 Å². The third-order valence-electron chi connectivity index (χ3n) is 5.54. The largest absolute Gasteiger partial charge is 0.305 e. The number of halogens is 1. The molecule has 2 aromatic heterocycles. The van der Waals surface area contributed by atoms with Gasteiger partial charge in [-0.05, 0) is 45.6 Å². The quantitative estimate of drug-likeness (QED) is 0.184. The van der Waals surface area contributed by atoms with Crippen LogP contribution in [0.25, 0.3) is 33.6 Å². The fraction of sp³-hybridized carbons (Fsp3) is 0.125. The Balaban J connectivity index is 0.000000221. The van der Waals surface area contributed by atoms with E-state index in [-0.39, 0.29) is 31.3 Å². The Bertz CT molecular complexity index is 1350. The van der Waals surface area contributed by atoms with E-state index in [1.165, 1.54) is 28.8 Å². The van der Waals surface area contributed by atoms with Crippen LogP contribution >= 0.6 is 0 Å². The normalized spacial score (nSPS) is 10.6. The van der Waals surface area contributed by atoms with Crippen LogP contribution in [0.3, 0.4) is 0 Å². The number of nitrogens with zero attached hydrogens (tertiary/aromatic N) is 2. The molecule has 1 radical (unpaired) electrons. The summed E-state index contributed by atoms with van der Waals surface area (Å²) in [7, 11) is 0. The van der Waals surface area contributed by atoms with Crippen LogP contribution in [0.5, 0.6) is 0 Å².